The zero-order chi connectivity index (χ0) is 13.0. The van der Waals surface area contributed by atoms with Crippen molar-refractivity contribution in [1.82, 2.24) is 5.43 Å². The Kier molecular flexibility index (Phi) is 5.00. The number of rotatable bonds is 4. The molecule has 0 spiro atoms. The number of hydrogen-bond acceptors (Lipinski definition) is 2. The van der Waals surface area contributed by atoms with E-state index in [-0.39, 0.29) is 6.04 Å². The Morgan fingerprint density at radius 1 is 1.11 bits per heavy atom. The van der Waals surface area contributed by atoms with Gasteiger partial charge in [0, 0.05) is 8.59 Å². The molecule has 0 aromatic heterocycles. The SMILES string of the molecule is NNC(Cc1ccccc1Cl)c1ccccc1I. The van der Waals surface area contributed by atoms with Gasteiger partial charge in [0.1, 0.15) is 0 Å². The zero-order valence-electron chi connectivity index (χ0n) is 9.74. The number of nitrogens with one attached hydrogen (secondary N) is 1. The monoisotopic (exact) mass is 372 g/mol. The van der Waals surface area contributed by atoms with Crippen molar-refractivity contribution in [2.45, 2.75) is 12.5 Å². The fourth-order valence-corrected chi connectivity index (χ4v) is 2.88. The van der Waals surface area contributed by atoms with Crippen LogP contribution in [-0.2, 0) is 6.42 Å². The van der Waals surface area contributed by atoms with E-state index in [1.807, 2.05) is 36.4 Å². The summed E-state index contributed by atoms with van der Waals surface area (Å²) < 4.78 is 1.20. The molecular weight excluding hydrogens is 359 g/mol. The molecule has 1 unspecified atom stereocenters. The normalized spacial score (nSPS) is 12.4. The van der Waals surface area contributed by atoms with Gasteiger partial charge in [-0.15, -0.1) is 0 Å². The molecule has 0 aliphatic carbocycles. The third-order valence-corrected chi connectivity index (χ3v) is 4.21. The van der Waals surface area contributed by atoms with Gasteiger partial charge in [0.2, 0.25) is 0 Å². The summed E-state index contributed by atoms with van der Waals surface area (Å²) in [5, 5.41) is 0.781. The largest absolute Gasteiger partial charge is 0.271 e. The lowest BCUT2D eigenvalue weighted by atomic mass is 9.99. The molecule has 2 rings (SSSR count). The Bertz CT molecular complexity index is 531. The van der Waals surface area contributed by atoms with E-state index < -0.39 is 0 Å². The lowest BCUT2D eigenvalue weighted by molar-refractivity contribution is 0.550. The van der Waals surface area contributed by atoms with Crippen molar-refractivity contribution < 1.29 is 0 Å². The fraction of sp³-hybridized carbons (Fsp3) is 0.143. The molecule has 0 bridgehead atoms. The third-order valence-electron chi connectivity index (χ3n) is 2.86. The summed E-state index contributed by atoms with van der Waals surface area (Å²) in [4.78, 5) is 0. The molecule has 0 fully saturated rings. The minimum Gasteiger partial charge on any atom is -0.271 e. The van der Waals surface area contributed by atoms with Crippen LogP contribution in [-0.4, -0.2) is 0 Å². The minimum atomic E-state index is 0.0676. The Balaban J connectivity index is 2.26. The van der Waals surface area contributed by atoms with Crippen LogP contribution in [0, 0.1) is 3.57 Å². The van der Waals surface area contributed by atoms with Gasteiger partial charge in [-0.25, -0.2) is 0 Å². The van der Waals surface area contributed by atoms with Gasteiger partial charge < -0.3 is 0 Å². The molecule has 2 nitrogen and oxygen atoms in total. The highest BCUT2D eigenvalue weighted by molar-refractivity contribution is 14.1. The van der Waals surface area contributed by atoms with E-state index in [2.05, 4.69) is 40.1 Å². The van der Waals surface area contributed by atoms with Crippen molar-refractivity contribution in [2.75, 3.05) is 0 Å². The maximum atomic E-state index is 6.18. The molecule has 2 aromatic carbocycles. The van der Waals surface area contributed by atoms with Gasteiger partial charge >= 0.3 is 0 Å². The summed E-state index contributed by atoms with van der Waals surface area (Å²) in [6.07, 6.45) is 0.774. The summed E-state index contributed by atoms with van der Waals surface area (Å²) in [7, 11) is 0. The third kappa shape index (κ3) is 3.23. The van der Waals surface area contributed by atoms with Gasteiger partial charge in [-0.2, -0.15) is 0 Å². The number of hydrogen-bond donors (Lipinski definition) is 2. The quantitative estimate of drug-likeness (QED) is 0.488. The first-order chi connectivity index (χ1) is 8.72. The maximum Gasteiger partial charge on any atom is 0.0511 e. The number of nitrogens with two attached hydrogens (primary N) is 1. The van der Waals surface area contributed by atoms with Gasteiger partial charge in [0.15, 0.2) is 0 Å². The van der Waals surface area contributed by atoms with Gasteiger partial charge in [0.05, 0.1) is 6.04 Å². The molecule has 1 atom stereocenters. The average Bonchev–Trinajstić information content (AvgIpc) is 2.39. The van der Waals surface area contributed by atoms with E-state index in [1.54, 1.807) is 0 Å². The zero-order valence-corrected chi connectivity index (χ0v) is 12.6. The van der Waals surface area contributed by atoms with Crippen LogP contribution in [0.25, 0.3) is 0 Å². The summed E-state index contributed by atoms with van der Waals surface area (Å²) in [6, 6.07) is 16.1. The van der Waals surface area contributed by atoms with Crippen LogP contribution in [0.3, 0.4) is 0 Å². The van der Waals surface area contributed by atoms with Crippen LogP contribution in [0.15, 0.2) is 48.5 Å². The molecule has 2 aromatic rings. The highest BCUT2D eigenvalue weighted by Gasteiger charge is 2.14. The van der Waals surface area contributed by atoms with Crippen molar-refractivity contribution in [3.05, 3.63) is 68.3 Å². The minimum absolute atomic E-state index is 0.0676. The van der Waals surface area contributed by atoms with E-state index >= 15 is 0 Å². The predicted molar refractivity (Wildman–Crippen MR) is 84.4 cm³/mol. The summed E-state index contributed by atoms with van der Waals surface area (Å²) >= 11 is 8.50. The van der Waals surface area contributed by atoms with Crippen molar-refractivity contribution in [2.24, 2.45) is 5.84 Å². The Morgan fingerprint density at radius 3 is 2.44 bits per heavy atom. The molecule has 0 saturated carbocycles. The molecule has 0 heterocycles. The standard InChI is InChI=1S/C14H14ClIN2/c15-12-7-3-1-5-10(12)9-14(18-17)11-6-2-4-8-13(11)16/h1-8,14,18H,9,17H2. The molecule has 0 saturated heterocycles. The van der Waals surface area contributed by atoms with E-state index in [0.29, 0.717) is 0 Å². The number of benzene rings is 2. The second-order valence-corrected chi connectivity index (χ2v) is 5.61. The second-order valence-electron chi connectivity index (χ2n) is 4.04. The number of hydrazine groups is 1. The smallest absolute Gasteiger partial charge is 0.0511 e. The summed E-state index contributed by atoms with van der Waals surface area (Å²) in [5.41, 5.74) is 5.17. The highest BCUT2D eigenvalue weighted by atomic mass is 127. The lowest BCUT2D eigenvalue weighted by Crippen LogP contribution is -2.30. The van der Waals surface area contributed by atoms with Crippen LogP contribution in [0.4, 0.5) is 0 Å². The average molecular weight is 373 g/mol. The molecule has 0 aliphatic heterocycles. The molecule has 18 heavy (non-hydrogen) atoms. The second kappa shape index (κ2) is 6.52. The van der Waals surface area contributed by atoms with Crippen LogP contribution in [0.5, 0.6) is 0 Å². The molecule has 4 heteroatoms. The molecule has 0 radical (unpaired) electrons. The van der Waals surface area contributed by atoms with Crippen molar-refractivity contribution in [1.29, 1.82) is 0 Å². The van der Waals surface area contributed by atoms with Gasteiger partial charge in [0.25, 0.3) is 0 Å². The Morgan fingerprint density at radius 2 is 1.78 bits per heavy atom. The van der Waals surface area contributed by atoms with Crippen molar-refractivity contribution in [3.8, 4) is 0 Å². The predicted octanol–water partition coefficient (Wildman–Crippen LogP) is 3.69. The molecule has 94 valence electrons. The van der Waals surface area contributed by atoms with Gasteiger partial charge in [-0.1, -0.05) is 48.0 Å². The summed E-state index contributed by atoms with van der Waals surface area (Å²) in [5.74, 6) is 5.68. The van der Waals surface area contributed by atoms with Crippen molar-refractivity contribution >= 4 is 34.2 Å². The molecule has 0 amide bonds. The van der Waals surface area contributed by atoms with Crippen LogP contribution >= 0.6 is 34.2 Å². The van der Waals surface area contributed by atoms with E-state index in [0.717, 1.165) is 17.0 Å². The topological polar surface area (TPSA) is 38.0 Å². The molecule has 3 N–H and O–H groups in total. The van der Waals surface area contributed by atoms with Gasteiger partial charge in [-0.05, 0) is 52.3 Å². The summed E-state index contributed by atoms with van der Waals surface area (Å²) in [6.45, 7) is 0. The first-order valence-corrected chi connectivity index (χ1v) is 7.12. The first kappa shape index (κ1) is 13.8. The fourth-order valence-electron chi connectivity index (χ4n) is 1.90. The van der Waals surface area contributed by atoms with Crippen LogP contribution in [0.1, 0.15) is 17.2 Å². The van der Waals surface area contributed by atoms with Gasteiger partial charge in [-0.3, -0.25) is 11.3 Å². The van der Waals surface area contributed by atoms with E-state index in [9.17, 15) is 0 Å². The first-order valence-electron chi connectivity index (χ1n) is 5.66. The van der Waals surface area contributed by atoms with Crippen LogP contribution in [0.2, 0.25) is 5.02 Å². The lowest BCUT2D eigenvalue weighted by Gasteiger charge is -2.18. The molecular formula is C14H14ClIN2. The number of halogens is 2. The highest BCUT2D eigenvalue weighted by Crippen LogP contribution is 2.25. The van der Waals surface area contributed by atoms with Crippen molar-refractivity contribution in [3.63, 3.8) is 0 Å². The van der Waals surface area contributed by atoms with Crippen LogP contribution < -0.4 is 11.3 Å². The maximum absolute atomic E-state index is 6.18. The van der Waals surface area contributed by atoms with E-state index in [1.165, 1.54) is 9.13 Å². The molecule has 0 aliphatic rings. The Hall–Kier alpha value is -0.620. The van der Waals surface area contributed by atoms with E-state index in [4.69, 9.17) is 17.4 Å². The Labute approximate surface area is 126 Å².